The van der Waals surface area contributed by atoms with Crippen molar-refractivity contribution in [3.63, 3.8) is 0 Å². The van der Waals surface area contributed by atoms with Crippen LogP contribution in [0.2, 0.25) is 0 Å². The number of carbonyl (C=O) groups is 3. The van der Waals surface area contributed by atoms with Gasteiger partial charge in [0.1, 0.15) is 17.1 Å². The molecule has 1 aromatic heterocycles. The number of fused-ring (bicyclic) bond motifs is 1. The van der Waals surface area contributed by atoms with Crippen LogP contribution in [0.15, 0.2) is 59.1 Å². The Morgan fingerprint density at radius 3 is 2.44 bits per heavy atom. The molecule has 0 bridgehead atoms. The highest BCUT2D eigenvalue weighted by Crippen LogP contribution is 2.49. The van der Waals surface area contributed by atoms with Crippen molar-refractivity contribution < 1.29 is 29.0 Å². The van der Waals surface area contributed by atoms with E-state index in [2.05, 4.69) is 4.98 Å². The summed E-state index contributed by atoms with van der Waals surface area (Å²) in [7, 11) is 0. The number of esters is 2. The Morgan fingerprint density at radius 1 is 1.07 bits per heavy atom. The zero-order valence-electron chi connectivity index (χ0n) is 24.1. The molecule has 1 heterocycles. The highest BCUT2D eigenvalue weighted by molar-refractivity contribution is 6.03. The number of aromatic hydroxyl groups is 1. The zero-order chi connectivity index (χ0) is 29.7. The molecule has 0 aliphatic heterocycles. The van der Waals surface area contributed by atoms with Gasteiger partial charge in [-0.05, 0) is 74.5 Å². The number of aromatic amines is 1. The number of carbonyl (C=O) groups excluding carboxylic acids is 3. The van der Waals surface area contributed by atoms with Gasteiger partial charge in [0.2, 0.25) is 0 Å². The molecule has 41 heavy (non-hydrogen) atoms. The van der Waals surface area contributed by atoms with Crippen LogP contribution in [0.5, 0.6) is 11.5 Å². The third-order valence-electron chi connectivity index (χ3n) is 8.43. The second kappa shape index (κ2) is 13.1. The molecule has 2 aromatic rings. The molecule has 4 rings (SSSR count). The summed E-state index contributed by atoms with van der Waals surface area (Å²) in [6, 6.07) is 6.51. The first-order valence-electron chi connectivity index (χ1n) is 14.4. The minimum atomic E-state index is -0.648. The van der Waals surface area contributed by atoms with Crippen LogP contribution < -0.4 is 10.3 Å². The molecule has 2 aliphatic carbocycles. The van der Waals surface area contributed by atoms with E-state index in [1.54, 1.807) is 38.1 Å². The molecule has 0 spiro atoms. The van der Waals surface area contributed by atoms with Crippen molar-refractivity contribution in [3.05, 3.63) is 70.2 Å². The van der Waals surface area contributed by atoms with E-state index in [1.165, 1.54) is 6.20 Å². The molecule has 218 valence electrons. The van der Waals surface area contributed by atoms with Crippen LogP contribution in [-0.4, -0.2) is 34.4 Å². The van der Waals surface area contributed by atoms with Crippen LogP contribution in [-0.2, 0) is 14.3 Å². The third-order valence-corrected chi connectivity index (χ3v) is 8.43. The van der Waals surface area contributed by atoms with Gasteiger partial charge >= 0.3 is 11.9 Å². The van der Waals surface area contributed by atoms with Crippen LogP contribution in [0.1, 0.15) is 70.2 Å². The number of Topliss-reactive ketones (excluding diaryl/α,β-unsaturated/α-hetero) is 1. The Hall–Kier alpha value is -3.94. The molecule has 0 unspecified atom stereocenters. The van der Waals surface area contributed by atoms with E-state index < -0.39 is 17.3 Å². The van der Waals surface area contributed by atoms with Crippen LogP contribution in [0.25, 0.3) is 11.1 Å². The summed E-state index contributed by atoms with van der Waals surface area (Å²) < 4.78 is 10.7. The maximum Gasteiger partial charge on any atom is 0.310 e. The predicted molar refractivity (Wildman–Crippen MR) is 156 cm³/mol. The van der Waals surface area contributed by atoms with Gasteiger partial charge in [-0.3, -0.25) is 19.2 Å². The van der Waals surface area contributed by atoms with E-state index in [0.29, 0.717) is 35.8 Å². The summed E-state index contributed by atoms with van der Waals surface area (Å²) >= 11 is 0. The minimum absolute atomic E-state index is 0.145. The lowest BCUT2D eigenvalue weighted by atomic mass is 9.59. The molecule has 0 amide bonds. The Bertz CT molecular complexity index is 1400. The van der Waals surface area contributed by atoms with E-state index in [4.69, 9.17) is 9.47 Å². The number of rotatable bonds is 9. The molecule has 0 saturated heterocycles. The molecule has 2 N–H and O–H groups in total. The number of benzene rings is 1. The monoisotopic (exact) mass is 561 g/mol. The Kier molecular flexibility index (Phi) is 9.63. The number of ether oxygens (including phenoxy) is 2. The topological polar surface area (TPSA) is 123 Å². The van der Waals surface area contributed by atoms with Crippen molar-refractivity contribution in [1.29, 1.82) is 0 Å². The van der Waals surface area contributed by atoms with Crippen molar-refractivity contribution in [2.45, 2.75) is 59.8 Å². The standard InChI is InChI=1S/C33H39NO7/c1-5-8-24-25-16-20(18-40-28(35)6-2)9-14-23(25)19(4)15-26(24)31(37)30-32(38)27(17-34-33(30)39)21-10-12-22(13-11-21)41-29(36)7-3/h5,8,10-13,15,17,20,23-26H,6-7,9,14,16,18H2,1-4H3,(H2,34,38,39)/b8-5+/t20-,23+,24+,25-,26+/m0/s1. The molecule has 8 nitrogen and oxygen atoms in total. The lowest BCUT2D eigenvalue weighted by Crippen LogP contribution is -2.41. The van der Waals surface area contributed by atoms with E-state index in [9.17, 15) is 24.3 Å². The number of aromatic nitrogens is 1. The fourth-order valence-corrected chi connectivity index (χ4v) is 6.31. The van der Waals surface area contributed by atoms with Gasteiger partial charge in [-0.1, -0.05) is 49.8 Å². The Labute approximate surface area is 240 Å². The zero-order valence-corrected chi connectivity index (χ0v) is 24.1. The normalized spacial score (nSPS) is 23.9. The lowest BCUT2D eigenvalue weighted by molar-refractivity contribution is -0.145. The van der Waals surface area contributed by atoms with Crippen molar-refractivity contribution in [1.82, 2.24) is 4.98 Å². The first-order valence-corrected chi connectivity index (χ1v) is 14.4. The van der Waals surface area contributed by atoms with Crippen LogP contribution in [0.3, 0.4) is 0 Å². The molecular weight excluding hydrogens is 522 g/mol. The van der Waals surface area contributed by atoms with Crippen LogP contribution in [0.4, 0.5) is 0 Å². The number of hydrogen-bond acceptors (Lipinski definition) is 7. The second-order valence-corrected chi connectivity index (χ2v) is 11.0. The third kappa shape index (κ3) is 6.53. The summed E-state index contributed by atoms with van der Waals surface area (Å²) in [5, 5.41) is 11.3. The van der Waals surface area contributed by atoms with E-state index >= 15 is 0 Å². The van der Waals surface area contributed by atoms with Crippen LogP contribution >= 0.6 is 0 Å². The summed E-state index contributed by atoms with van der Waals surface area (Å²) in [5.41, 5.74) is 1.05. The average molecular weight is 562 g/mol. The van der Waals surface area contributed by atoms with Gasteiger partial charge in [-0.25, -0.2) is 0 Å². The molecule has 0 radical (unpaired) electrons. The second-order valence-electron chi connectivity index (χ2n) is 11.0. The SMILES string of the molecule is C/C=C/[C@@H]1[C@H]2C[C@@H](COC(=O)CC)CC[C@@H]2C(C)=C[C@H]1C(=O)c1c(O)c(-c2ccc(OC(=O)CC)cc2)c[nH]c1=O. The summed E-state index contributed by atoms with van der Waals surface area (Å²) in [6.07, 6.45) is 10.6. The number of H-pyrrole nitrogens is 1. The molecular formula is C33H39NO7. The number of ketones is 1. The molecule has 1 fully saturated rings. The Morgan fingerprint density at radius 2 is 1.78 bits per heavy atom. The van der Waals surface area contributed by atoms with E-state index in [1.807, 2.05) is 32.1 Å². The molecule has 1 aromatic carbocycles. The predicted octanol–water partition coefficient (Wildman–Crippen LogP) is 6.00. The van der Waals surface area contributed by atoms with Gasteiger partial charge in [0.05, 0.1) is 6.61 Å². The minimum Gasteiger partial charge on any atom is -0.506 e. The first-order chi connectivity index (χ1) is 19.7. The highest BCUT2D eigenvalue weighted by Gasteiger charge is 2.44. The summed E-state index contributed by atoms with van der Waals surface area (Å²) in [5.74, 6) is -1.15. The lowest BCUT2D eigenvalue weighted by Gasteiger charge is -2.45. The smallest absolute Gasteiger partial charge is 0.310 e. The number of nitrogens with one attached hydrogen (secondary N) is 1. The average Bonchev–Trinajstić information content (AvgIpc) is 2.97. The fraction of sp³-hybridized carbons (Fsp3) is 0.455. The van der Waals surface area contributed by atoms with Gasteiger partial charge < -0.3 is 19.6 Å². The van der Waals surface area contributed by atoms with Crippen molar-refractivity contribution in [2.24, 2.45) is 29.6 Å². The molecule has 1 saturated carbocycles. The number of hydrogen-bond donors (Lipinski definition) is 2. The van der Waals surface area contributed by atoms with Gasteiger partial charge in [-0.15, -0.1) is 0 Å². The van der Waals surface area contributed by atoms with Crippen molar-refractivity contribution >= 4 is 17.7 Å². The fourth-order valence-electron chi connectivity index (χ4n) is 6.31. The quantitative estimate of drug-likeness (QED) is 0.167. The van der Waals surface area contributed by atoms with Gasteiger partial charge in [0.15, 0.2) is 5.78 Å². The van der Waals surface area contributed by atoms with Gasteiger partial charge in [0, 0.05) is 30.5 Å². The van der Waals surface area contributed by atoms with Gasteiger partial charge in [-0.2, -0.15) is 0 Å². The van der Waals surface area contributed by atoms with Crippen LogP contribution in [0, 0.1) is 29.6 Å². The van der Waals surface area contributed by atoms with Crippen molar-refractivity contribution in [2.75, 3.05) is 6.61 Å². The number of allylic oxidation sites excluding steroid dienone is 4. The highest BCUT2D eigenvalue weighted by atomic mass is 16.5. The first kappa shape index (κ1) is 30.0. The largest absolute Gasteiger partial charge is 0.506 e. The molecule has 2 aliphatic rings. The maximum atomic E-state index is 14.1. The molecule has 8 heteroatoms. The molecule has 5 atom stereocenters. The van der Waals surface area contributed by atoms with E-state index in [-0.39, 0.29) is 47.4 Å². The van der Waals surface area contributed by atoms with E-state index in [0.717, 1.165) is 24.8 Å². The Balaban J connectivity index is 1.65. The summed E-state index contributed by atoms with van der Waals surface area (Å²) in [6.45, 7) is 7.80. The van der Waals surface area contributed by atoms with Crippen molar-refractivity contribution in [3.8, 4) is 22.6 Å². The van der Waals surface area contributed by atoms with Gasteiger partial charge in [0.25, 0.3) is 5.56 Å². The maximum absolute atomic E-state index is 14.1. The number of pyridine rings is 1. The summed E-state index contributed by atoms with van der Waals surface area (Å²) in [4.78, 5) is 53.1.